The van der Waals surface area contributed by atoms with Crippen LogP contribution in [-0.2, 0) is 9.53 Å². The Morgan fingerprint density at radius 3 is 2.16 bits per heavy atom. The van der Waals surface area contributed by atoms with Gasteiger partial charge < -0.3 is 9.64 Å². The van der Waals surface area contributed by atoms with Gasteiger partial charge in [0.05, 0.1) is 5.56 Å². The minimum Gasteiger partial charge on any atom is -0.444 e. The zero-order chi connectivity index (χ0) is 17.8. The molecule has 0 unspecified atom stereocenters. The maximum absolute atomic E-state index is 12.6. The average molecular weight is 333 g/mol. The summed E-state index contributed by atoms with van der Waals surface area (Å²) in [4.78, 5) is 26.5. The van der Waals surface area contributed by atoms with Crippen LogP contribution in [0, 0.1) is 0 Å². The molecule has 0 spiro atoms. The second-order valence-corrected chi connectivity index (χ2v) is 5.99. The Balaban J connectivity index is 1.90. The lowest BCUT2D eigenvalue weighted by Gasteiger charge is -2.21. The summed E-state index contributed by atoms with van der Waals surface area (Å²) in [5, 5.41) is 2.00. The molecule has 0 aliphatic carbocycles. The third-order valence-electron chi connectivity index (χ3n) is 3.98. The van der Waals surface area contributed by atoms with Gasteiger partial charge in [-0.2, -0.15) is 0 Å². The molecule has 4 nitrogen and oxygen atoms in total. The zero-order valence-corrected chi connectivity index (χ0v) is 14.2. The third kappa shape index (κ3) is 3.69. The Kier molecular flexibility index (Phi) is 4.80. The Hall–Kier alpha value is -3.14. The predicted octanol–water partition coefficient (Wildman–Crippen LogP) is 3.83. The Morgan fingerprint density at radius 1 is 0.840 bits per heavy atom. The summed E-state index contributed by atoms with van der Waals surface area (Å²) >= 11 is 0. The standard InChI is InChI=1S/C21H19NO3/c1-22(2)20(23)19(16-9-4-3-5-10-16)25-21(24)18-13-12-15-8-6-7-11-17(15)14-18/h3-14,19H,1-2H3/t19-/m0/s1. The highest BCUT2D eigenvalue weighted by Gasteiger charge is 2.27. The summed E-state index contributed by atoms with van der Waals surface area (Å²) in [7, 11) is 3.28. The van der Waals surface area contributed by atoms with E-state index in [1.807, 2.05) is 48.5 Å². The number of fused-ring (bicyclic) bond motifs is 1. The van der Waals surface area contributed by atoms with Crippen molar-refractivity contribution in [3.8, 4) is 0 Å². The molecule has 0 aliphatic rings. The van der Waals surface area contributed by atoms with E-state index >= 15 is 0 Å². The molecule has 0 N–H and O–H groups in total. The number of hydrogen-bond donors (Lipinski definition) is 0. The van der Waals surface area contributed by atoms with Crippen LogP contribution in [0.2, 0.25) is 0 Å². The van der Waals surface area contributed by atoms with Crippen molar-refractivity contribution in [3.63, 3.8) is 0 Å². The summed E-state index contributed by atoms with van der Waals surface area (Å²) < 4.78 is 5.56. The fourth-order valence-corrected chi connectivity index (χ4v) is 2.61. The number of likely N-dealkylation sites (N-methyl/N-ethyl adjacent to an activating group) is 1. The number of carbonyl (C=O) groups is 2. The normalized spacial score (nSPS) is 11.8. The quantitative estimate of drug-likeness (QED) is 0.682. The van der Waals surface area contributed by atoms with Crippen molar-refractivity contribution >= 4 is 22.6 Å². The molecule has 0 aliphatic heterocycles. The lowest BCUT2D eigenvalue weighted by molar-refractivity contribution is -0.138. The van der Waals surface area contributed by atoms with Crippen LogP contribution in [0.15, 0.2) is 72.8 Å². The topological polar surface area (TPSA) is 46.6 Å². The van der Waals surface area contributed by atoms with E-state index < -0.39 is 12.1 Å². The number of hydrogen-bond acceptors (Lipinski definition) is 3. The van der Waals surface area contributed by atoms with Crippen LogP contribution in [0.3, 0.4) is 0 Å². The van der Waals surface area contributed by atoms with E-state index in [0.29, 0.717) is 11.1 Å². The monoisotopic (exact) mass is 333 g/mol. The largest absolute Gasteiger partial charge is 0.444 e. The lowest BCUT2D eigenvalue weighted by atomic mass is 10.1. The van der Waals surface area contributed by atoms with Gasteiger partial charge >= 0.3 is 5.97 Å². The molecule has 0 aromatic heterocycles. The van der Waals surface area contributed by atoms with Crippen molar-refractivity contribution < 1.29 is 14.3 Å². The molecule has 0 radical (unpaired) electrons. The van der Waals surface area contributed by atoms with E-state index in [2.05, 4.69) is 0 Å². The number of amides is 1. The Labute approximate surface area is 146 Å². The Morgan fingerprint density at radius 2 is 1.48 bits per heavy atom. The molecule has 3 aromatic carbocycles. The van der Waals surface area contributed by atoms with Gasteiger partial charge in [0.2, 0.25) is 6.10 Å². The highest BCUT2D eigenvalue weighted by molar-refractivity contribution is 5.97. The van der Waals surface area contributed by atoms with Gasteiger partial charge in [-0.15, -0.1) is 0 Å². The van der Waals surface area contributed by atoms with Crippen LogP contribution in [0.25, 0.3) is 10.8 Å². The molecule has 25 heavy (non-hydrogen) atoms. The van der Waals surface area contributed by atoms with E-state index in [9.17, 15) is 9.59 Å². The van der Waals surface area contributed by atoms with Gasteiger partial charge in [-0.1, -0.05) is 60.7 Å². The fourth-order valence-electron chi connectivity index (χ4n) is 2.61. The van der Waals surface area contributed by atoms with Crippen molar-refractivity contribution in [1.82, 2.24) is 4.90 Å². The van der Waals surface area contributed by atoms with Crippen LogP contribution in [0.5, 0.6) is 0 Å². The van der Waals surface area contributed by atoms with Gasteiger partial charge in [0.25, 0.3) is 5.91 Å². The van der Waals surface area contributed by atoms with E-state index in [1.165, 1.54) is 4.90 Å². The summed E-state index contributed by atoms with van der Waals surface area (Å²) in [5.74, 6) is -0.796. The van der Waals surface area contributed by atoms with Crippen LogP contribution in [0.1, 0.15) is 22.0 Å². The summed E-state index contributed by atoms with van der Waals surface area (Å²) in [6.07, 6.45) is -0.963. The molecule has 3 rings (SSSR count). The number of ether oxygens (including phenoxy) is 1. The molecular weight excluding hydrogens is 314 g/mol. The summed E-state index contributed by atoms with van der Waals surface area (Å²) in [5.41, 5.74) is 1.07. The molecule has 0 saturated carbocycles. The maximum Gasteiger partial charge on any atom is 0.339 e. The van der Waals surface area contributed by atoms with Crippen LogP contribution >= 0.6 is 0 Å². The van der Waals surface area contributed by atoms with Crippen LogP contribution < -0.4 is 0 Å². The molecule has 1 amide bonds. The third-order valence-corrected chi connectivity index (χ3v) is 3.98. The first kappa shape index (κ1) is 16.7. The zero-order valence-electron chi connectivity index (χ0n) is 14.2. The second-order valence-electron chi connectivity index (χ2n) is 5.99. The van der Waals surface area contributed by atoms with Crippen LogP contribution in [0.4, 0.5) is 0 Å². The number of nitrogens with zero attached hydrogens (tertiary/aromatic N) is 1. The van der Waals surface area contributed by atoms with Gasteiger partial charge in [0.15, 0.2) is 0 Å². The summed E-state index contributed by atoms with van der Waals surface area (Å²) in [6.45, 7) is 0. The SMILES string of the molecule is CN(C)C(=O)[C@@H](OC(=O)c1ccc2ccccc2c1)c1ccccc1. The maximum atomic E-state index is 12.6. The second kappa shape index (κ2) is 7.18. The van der Waals surface area contributed by atoms with Gasteiger partial charge in [-0.05, 0) is 22.9 Å². The molecule has 4 heteroatoms. The average Bonchev–Trinajstić information content (AvgIpc) is 2.65. The molecule has 0 bridgehead atoms. The van der Waals surface area contributed by atoms with Crippen LogP contribution in [-0.4, -0.2) is 30.9 Å². The predicted molar refractivity (Wildman–Crippen MR) is 97.2 cm³/mol. The minimum atomic E-state index is -0.963. The van der Waals surface area contributed by atoms with Crippen molar-refractivity contribution in [2.75, 3.05) is 14.1 Å². The van der Waals surface area contributed by atoms with E-state index in [-0.39, 0.29) is 5.91 Å². The van der Waals surface area contributed by atoms with Crippen molar-refractivity contribution in [2.24, 2.45) is 0 Å². The van der Waals surface area contributed by atoms with Gasteiger partial charge in [-0.25, -0.2) is 4.79 Å². The van der Waals surface area contributed by atoms with Gasteiger partial charge in [-0.3, -0.25) is 4.79 Å². The highest BCUT2D eigenvalue weighted by Crippen LogP contribution is 2.23. The van der Waals surface area contributed by atoms with E-state index in [1.54, 1.807) is 38.4 Å². The first-order valence-corrected chi connectivity index (χ1v) is 8.02. The molecular formula is C21H19NO3. The Bertz CT molecular complexity index is 903. The number of benzene rings is 3. The van der Waals surface area contributed by atoms with Gasteiger partial charge in [0.1, 0.15) is 0 Å². The van der Waals surface area contributed by atoms with E-state index in [4.69, 9.17) is 4.74 Å². The van der Waals surface area contributed by atoms with Crippen molar-refractivity contribution in [2.45, 2.75) is 6.10 Å². The van der Waals surface area contributed by atoms with Crippen molar-refractivity contribution in [1.29, 1.82) is 0 Å². The first-order valence-electron chi connectivity index (χ1n) is 8.02. The minimum absolute atomic E-state index is 0.277. The molecule has 126 valence electrons. The van der Waals surface area contributed by atoms with Gasteiger partial charge in [0, 0.05) is 19.7 Å². The fraction of sp³-hybridized carbons (Fsp3) is 0.143. The number of carbonyl (C=O) groups excluding carboxylic acids is 2. The van der Waals surface area contributed by atoms with E-state index in [0.717, 1.165) is 10.8 Å². The molecule has 0 heterocycles. The number of rotatable bonds is 4. The molecule has 1 atom stereocenters. The molecule has 3 aromatic rings. The highest BCUT2D eigenvalue weighted by atomic mass is 16.5. The molecule has 0 saturated heterocycles. The molecule has 0 fully saturated rings. The lowest BCUT2D eigenvalue weighted by Crippen LogP contribution is -2.31. The summed E-state index contributed by atoms with van der Waals surface area (Å²) in [6, 6.07) is 22.2. The first-order chi connectivity index (χ1) is 12.1. The number of esters is 1. The smallest absolute Gasteiger partial charge is 0.339 e. The van der Waals surface area contributed by atoms with Crippen molar-refractivity contribution in [3.05, 3.63) is 83.9 Å².